The summed E-state index contributed by atoms with van der Waals surface area (Å²) >= 11 is 0. The van der Waals surface area contributed by atoms with Crippen molar-refractivity contribution in [3.63, 3.8) is 0 Å². The second kappa shape index (κ2) is 4.05. The summed E-state index contributed by atoms with van der Waals surface area (Å²) in [6.07, 6.45) is 1.12. The van der Waals surface area contributed by atoms with Gasteiger partial charge in [-0.15, -0.1) is 0 Å². The number of aliphatic hydroxyl groups is 1. The van der Waals surface area contributed by atoms with Crippen molar-refractivity contribution in [2.75, 3.05) is 0 Å². The van der Waals surface area contributed by atoms with E-state index < -0.39 is 11.5 Å². The number of hydrogen-bond acceptors (Lipinski definition) is 4. The molecule has 0 amide bonds. The van der Waals surface area contributed by atoms with E-state index in [0.29, 0.717) is 6.42 Å². The third-order valence-corrected chi connectivity index (χ3v) is 5.82. The first-order chi connectivity index (χ1) is 8.84. The highest BCUT2D eigenvalue weighted by Gasteiger charge is 2.59. The molecule has 0 unspecified atom stereocenters. The molecule has 0 aromatic rings. The summed E-state index contributed by atoms with van der Waals surface area (Å²) in [5.41, 5.74) is -0.486. The van der Waals surface area contributed by atoms with Crippen LogP contribution in [-0.2, 0) is 14.3 Å². The van der Waals surface area contributed by atoms with Gasteiger partial charge in [-0.3, -0.25) is 9.59 Å². The van der Waals surface area contributed by atoms with Gasteiger partial charge >= 0.3 is 5.97 Å². The number of carbonyl (C=O) groups excluding carboxylic acids is 2. The number of Topliss-reactive ketones (excluding diaryl/α,β-unsaturated/α-hetero) is 1. The third kappa shape index (κ3) is 1.69. The Morgan fingerprint density at radius 3 is 2.68 bits per heavy atom. The molecule has 4 nitrogen and oxygen atoms in total. The van der Waals surface area contributed by atoms with Crippen LogP contribution in [0.4, 0.5) is 0 Å². The Hall–Kier alpha value is -0.900. The highest BCUT2D eigenvalue weighted by Crippen LogP contribution is 2.55. The second-order valence-electron chi connectivity index (χ2n) is 6.98. The summed E-state index contributed by atoms with van der Waals surface area (Å²) in [5.74, 6) is 0.243. The van der Waals surface area contributed by atoms with Crippen LogP contribution in [-0.4, -0.2) is 29.1 Å². The molecule has 0 bridgehead atoms. The molecule has 4 heteroatoms. The highest BCUT2D eigenvalue weighted by molar-refractivity contribution is 5.88. The molecule has 7 atom stereocenters. The second-order valence-corrected chi connectivity index (χ2v) is 6.98. The average Bonchev–Trinajstić information content (AvgIpc) is 2.63. The van der Waals surface area contributed by atoms with Gasteiger partial charge in [0.15, 0.2) is 0 Å². The molecule has 1 aliphatic heterocycles. The lowest BCUT2D eigenvalue weighted by atomic mass is 9.69. The lowest BCUT2D eigenvalue weighted by molar-refractivity contribution is -0.144. The van der Waals surface area contributed by atoms with Gasteiger partial charge in [0.2, 0.25) is 0 Å². The minimum atomic E-state index is -0.530. The molecule has 1 heterocycles. The number of ether oxygens (including phenoxy) is 1. The molecule has 1 saturated heterocycles. The first-order valence-electron chi connectivity index (χ1n) is 7.26. The largest absolute Gasteiger partial charge is 0.462 e. The quantitative estimate of drug-likeness (QED) is 0.676. The molecule has 0 radical (unpaired) electrons. The van der Waals surface area contributed by atoms with Crippen molar-refractivity contribution in [2.45, 2.75) is 52.2 Å². The van der Waals surface area contributed by atoms with Crippen LogP contribution in [0, 0.1) is 29.1 Å². The summed E-state index contributed by atoms with van der Waals surface area (Å²) in [7, 11) is 0. The van der Waals surface area contributed by atoms with Crippen LogP contribution in [0.2, 0.25) is 0 Å². The number of hydrogen-bond donors (Lipinski definition) is 1. The number of esters is 1. The van der Waals surface area contributed by atoms with Crippen molar-refractivity contribution in [1.29, 1.82) is 0 Å². The van der Waals surface area contributed by atoms with Crippen molar-refractivity contribution in [2.24, 2.45) is 29.1 Å². The van der Waals surface area contributed by atoms with Crippen LogP contribution in [0.1, 0.15) is 40.0 Å². The maximum Gasteiger partial charge on any atom is 0.309 e. The van der Waals surface area contributed by atoms with Crippen LogP contribution < -0.4 is 0 Å². The molecule has 0 spiro atoms. The number of ketones is 1. The molecule has 2 aliphatic carbocycles. The van der Waals surface area contributed by atoms with Gasteiger partial charge in [-0.2, -0.15) is 0 Å². The molecule has 0 aromatic heterocycles. The maximum atomic E-state index is 12.3. The van der Waals surface area contributed by atoms with Gasteiger partial charge < -0.3 is 9.84 Å². The molecule has 1 N–H and O–H groups in total. The van der Waals surface area contributed by atoms with Crippen molar-refractivity contribution < 1.29 is 19.4 Å². The number of rotatable bonds is 0. The Morgan fingerprint density at radius 1 is 1.32 bits per heavy atom. The molecule has 0 aromatic carbocycles. The van der Waals surface area contributed by atoms with E-state index in [-0.39, 0.29) is 47.9 Å². The summed E-state index contributed by atoms with van der Waals surface area (Å²) in [6.45, 7) is 5.95. The monoisotopic (exact) mass is 266 g/mol. The zero-order chi connectivity index (χ0) is 13.9. The normalized spacial score (nSPS) is 53.5. The zero-order valence-electron chi connectivity index (χ0n) is 11.8. The zero-order valence-corrected chi connectivity index (χ0v) is 11.8. The fraction of sp³-hybridized carbons (Fsp3) is 0.867. The van der Waals surface area contributed by atoms with Crippen LogP contribution in [0.5, 0.6) is 0 Å². The minimum Gasteiger partial charge on any atom is -0.462 e. The molecule has 3 fully saturated rings. The molecular formula is C15H22O4. The third-order valence-electron chi connectivity index (χ3n) is 5.82. The molecule has 106 valence electrons. The highest BCUT2D eigenvalue weighted by atomic mass is 16.6. The molecule has 3 aliphatic rings. The molecular weight excluding hydrogens is 244 g/mol. The predicted octanol–water partition coefficient (Wildman–Crippen LogP) is 1.55. The molecule has 19 heavy (non-hydrogen) atoms. The first kappa shape index (κ1) is 13.1. The number of aliphatic hydroxyl groups excluding tert-OH is 1. The van der Waals surface area contributed by atoms with Gasteiger partial charge in [0.05, 0.1) is 12.0 Å². The van der Waals surface area contributed by atoms with Crippen molar-refractivity contribution in [1.82, 2.24) is 0 Å². The van der Waals surface area contributed by atoms with E-state index in [4.69, 9.17) is 4.74 Å². The molecule has 2 saturated carbocycles. The maximum absolute atomic E-state index is 12.3. The Bertz CT molecular complexity index is 432. The summed E-state index contributed by atoms with van der Waals surface area (Å²) in [4.78, 5) is 24.1. The lowest BCUT2D eigenvalue weighted by Crippen LogP contribution is -2.36. The number of carbonyl (C=O) groups is 2. The van der Waals surface area contributed by atoms with E-state index in [1.165, 1.54) is 0 Å². The summed E-state index contributed by atoms with van der Waals surface area (Å²) < 4.78 is 5.48. The van der Waals surface area contributed by atoms with E-state index in [9.17, 15) is 14.7 Å². The topological polar surface area (TPSA) is 63.6 Å². The van der Waals surface area contributed by atoms with E-state index in [2.05, 4.69) is 6.92 Å². The summed E-state index contributed by atoms with van der Waals surface area (Å²) in [6, 6.07) is 0. The van der Waals surface area contributed by atoms with E-state index in [0.717, 1.165) is 6.42 Å². The van der Waals surface area contributed by atoms with Crippen molar-refractivity contribution >= 4 is 11.8 Å². The van der Waals surface area contributed by atoms with Gasteiger partial charge in [0.25, 0.3) is 0 Å². The minimum absolute atomic E-state index is 0.0107. The van der Waals surface area contributed by atoms with Crippen molar-refractivity contribution in [3.8, 4) is 0 Å². The predicted molar refractivity (Wildman–Crippen MR) is 68.2 cm³/mol. The Morgan fingerprint density at radius 2 is 2.00 bits per heavy atom. The van der Waals surface area contributed by atoms with Gasteiger partial charge in [-0.1, -0.05) is 20.8 Å². The average molecular weight is 266 g/mol. The van der Waals surface area contributed by atoms with Crippen LogP contribution >= 0.6 is 0 Å². The SMILES string of the molecule is C[C@@H]1C(=O)O[C@@H]2C[C@H](C)[C@@H]3[C@@H](O)CC(=O)[C@@]3(C)C[C@H]12. The van der Waals surface area contributed by atoms with Gasteiger partial charge in [0, 0.05) is 23.7 Å². The van der Waals surface area contributed by atoms with Gasteiger partial charge in [-0.05, 0) is 18.8 Å². The van der Waals surface area contributed by atoms with Crippen LogP contribution in [0.3, 0.4) is 0 Å². The Labute approximate surface area is 113 Å². The fourth-order valence-electron chi connectivity index (χ4n) is 4.79. The van der Waals surface area contributed by atoms with Crippen LogP contribution in [0.15, 0.2) is 0 Å². The number of fused-ring (bicyclic) bond motifs is 2. The Balaban J connectivity index is 1.98. The van der Waals surface area contributed by atoms with Crippen LogP contribution in [0.25, 0.3) is 0 Å². The summed E-state index contributed by atoms with van der Waals surface area (Å²) in [5, 5.41) is 10.2. The lowest BCUT2D eigenvalue weighted by Gasteiger charge is -2.34. The van der Waals surface area contributed by atoms with Gasteiger partial charge in [-0.25, -0.2) is 0 Å². The smallest absolute Gasteiger partial charge is 0.309 e. The van der Waals surface area contributed by atoms with E-state index in [1.54, 1.807) is 0 Å². The van der Waals surface area contributed by atoms with Gasteiger partial charge in [0.1, 0.15) is 11.9 Å². The van der Waals surface area contributed by atoms with E-state index in [1.807, 2.05) is 13.8 Å². The van der Waals surface area contributed by atoms with E-state index >= 15 is 0 Å². The first-order valence-corrected chi connectivity index (χ1v) is 7.26. The Kier molecular flexibility index (Phi) is 2.79. The van der Waals surface area contributed by atoms with Crippen molar-refractivity contribution in [3.05, 3.63) is 0 Å². The molecule has 3 rings (SSSR count). The fourth-order valence-corrected chi connectivity index (χ4v) is 4.79. The standard InChI is InChI=1S/C15H22O4/c1-7-4-11-9(8(2)14(18)19-11)6-15(3)12(17)5-10(16)13(7)15/h7-11,13,16H,4-6H2,1-3H3/t7-,8-,9+,10-,11+,13+,15+/m0/s1.